The maximum absolute atomic E-state index is 12.4. The number of carbonyl (C=O) groups is 1. The molecule has 0 unspecified atom stereocenters. The van der Waals surface area contributed by atoms with Crippen LogP contribution in [0.2, 0.25) is 0 Å². The minimum atomic E-state index is -4.65. The summed E-state index contributed by atoms with van der Waals surface area (Å²) in [6.45, 7) is 0. The van der Waals surface area contributed by atoms with E-state index in [1.165, 1.54) is 0 Å². The molecule has 0 saturated heterocycles. The molecule has 4 nitrogen and oxygen atoms in total. The first-order valence-electron chi connectivity index (χ1n) is 6.94. The molecule has 0 N–H and O–H groups in total. The number of Topliss-reactive ketones (excluding diaryl/α,β-unsaturated/α-hetero) is 1. The van der Waals surface area contributed by atoms with Gasteiger partial charge >= 0.3 is 12.1 Å². The van der Waals surface area contributed by atoms with Crippen molar-refractivity contribution in [3.05, 3.63) is 35.7 Å². The summed E-state index contributed by atoms with van der Waals surface area (Å²) in [4.78, 5) is 15.1. The van der Waals surface area contributed by atoms with E-state index >= 15 is 0 Å². The minimum Gasteiger partial charge on any atom is -0.329 e. The van der Waals surface area contributed by atoms with Gasteiger partial charge in [-0.1, -0.05) is 29.4 Å². The first kappa shape index (κ1) is 14.7. The third-order valence-electron chi connectivity index (χ3n) is 3.50. The van der Waals surface area contributed by atoms with Gasteiger partial charge in [0.25, 0.3) is 0 Å². The molecule has 1 saturated carbocycles. The molecule has 7 heteroatoms. The van der Waals surface area contributed by atoms with Gasteiger partial charge in [0.1, 0.15) is 5.78 Å². The van der Waals surface area contributed by atoms with Gasteiger partial charge < -0.3 is 4.52 Å². The molecule has 1 aromatic heterocycles. The normalized spacial score (nSPS) is 15.0. The van der Waals surface area contributed by atoms with Crippen molar-refractivity contribution in [3.63, 3.8) is 0 Å². The SMILES string of the molecule is O=C(Cc1ccc(-c2noc(C(F)(F)F)n2)cc1)CC1CC1. The van der Waals surface area contributed by atoms with Crippen molar-refractivity contribution in [3.8, 4) is 11.4 Å². The van der Waals surface area contributed by atoms with Crippen molar-refractivity contribution in [2.75, 3.05) is 0 Å². The van der Waals surface area contributed by atoms with Gasteiger partial charge in [-0.2, -0.15) is 18.2 Å². The van der Waals surface area contributed by atoms with E-state index in [4.69, 9.17) is 0 Å². The van der Waals surface area contributed by atoms with Gasteiger partial charge in [0.2, 0.25) is 5.82 Å². The quantitative estimate of drug-likeness (QED) is 0.845. The lowest BCUT2D eigenvalue weighted by Crippen LogP contribution is -2.05. The van der Waals surface area contributed by atoms with E-state index in [-0.39, 0.29) is 11.6 Å². The highest BCUT2D eigenvalue weighted by molar-refractivity contribution is 5.81. The summed E-state index contributed by atoms with van der Waals surface area (Å²) in [6, 6.07) is 6.57. The molecule has 1 aliphatic rings. The Labute approximate surface area is 124 Å². The lowest BCUT2D eigenvalue weighted by atomic mass is 10.0. The van der Waals surface area contributed by atoms with E-state index in [0.29, 0.717) is 24.3 Å². The van der Waals surface area contributed by atoms with Gasteiger partial charge in [0, 0.05) is 18.4 Å². The molecule has 1 heterocycles. The molecule has 0 bridgehead atoms. The summed E-state index contributed by atoms with van der Waals surface area (Å²) >= 11 is 0. The first-order valence-corrected chi connectivity index (χ1v) is 6.94. The molecule has 1 aliphatic carbocycles. The van der Waals surface area contributed by atoms with Crippen molar-refractivity contribution >= 4 is 5.78 Å². The number of nitrogens with zero attached hydrogens (tertiary/aromatic N) is 2. The fourth-order valence-electron chi connectivity index (χ4n) is 2.17. The molecule has 0 amide bonds. The van der Waals surface area contributed by atoms with Gasteiger partial charge in [-0.25, -0.2) is 0 Å². The van der Waals surface area contributed by atoms with E-state index in [9.17, 15) is 18.0 Å². The number of rotatable bonds is 5. The van der Waals surface area contributed by atoms with Crippen LogP contribution in [0.4, 0.5) is 13.2 Å². The van der Waals surface area contributed by atoms with Crippen LogP contribution in [0.5, 0.6) is 0 Å². The Bertz CT molecular complexity index is 673. The van der Waals surface area contributed by atoms with Crippen LogP contribution in [0.1, 0.15) is 30.7 Å². The summed E-state index contributed by atoms with van der Waals surface area (Å²) in [5.74, 6) is -0.754. The fourth-order valence-corrected chi connectivity index (χ4v) is 2.17. The maximum Gasteiger partial charge on any atom is 0.471 e. The number of aromatic nitrogens is 2. The number of ketones is 1. The van der Waals surface area contributed by atoms with Crippen LogP contribution in [0.25, 0.3) is 11.4 Å². The Morgan fingerprint density at radius 1 is 1.23 bits per heavy atom. The van der Waals surface area contributed by atoms with Gasteiger partial charge in [-0.3, -0.25) is 4.79 Å². The van der Waals surface area contributed by atoms with E-state index in [1.807, 2.05) is 0 Å². The zero-order chi connectivity index (χ0) is 15.7. The third kappa shape index (κ3) is 3.52. The van der Waals surface area contributed by atoms with Crippen LogP contribution in [-0.2, 0) is 17.4 Å². The molecule has 3 rings (SSSR count). The Morgan fingerprint density at radius 3 is 2.45 bits per heavy atom. The summed E-state index contributed by atoms with van der Waals surface area (Å²) in [6.07, 6.45) is -1.44. The van der Waals surface area contributed by atoms with Crippen molar-refractivity contribution in [2.24, 2.45) is 5.92 Å². The average molecular weight is 310 g/mol. The van der Waals surface area contributed by atoms with Gasteiger partial charge in [-0.15, -0.1) is 0 Å². The second-order valence-corrected chi connectivity index (χ2v) is 5.48. The minimum absolute atomic E-state index is 0.122. The largest absolute Gasteiger partial charge is 0.471 e. The van der Waals surface area contributed by atoms with Crippen molar-refractivity contribution in [1.82, 2.24) is 10.1 Å². The highest BCUT2D eigenvalue weighted by Crippen LogP contribution is 2.33. The predicted octanol–water partition coefficient (Wildman–Crippen LogP) is 3.67. The second kappa shape index (κ2) is 5.55. The molecular formula is C15H13F3N2O2. The molecule has 1 aromatic carbocycles. The third-order valence-corrected chi connectivity index (χ3v) is 3.50. The van der Waals surface area contributed by atoms with Crippen LogP contribution < -0.4 is 0 Å². The summed E-state index contributed by atoms with van der Waals surface area (Å²) in [5, 5.41) is 3.32. The molecule has 22 heavy (non-hydrogen) atoms. The molecular weight excluding hydrogens is 297 g/mol. The number of hydrogen-bond acceptors (Lipinski definition) is 4. The highest BCUT2D eigenvalue weighted by Gasteiger charge is 2.38. The average Bonchev–Trinajstić information content (AvgIpc) is 3.10. The van der Waals surface area contributed by atoms with Crippen LogP contribution >= 0.6 is 0 Å². The number of halogens is 3. The number of hydrogen-bond donors (Lipinski definition) is 0. The Hall–Kier alpha value is -2.18. The lowest BCUT2D eigenvalue weighted by molar-refractivity contribution is -0.159. The molecule has 0 aliphatic heterocycles. The van der Waals surface area contributed by atoms with E-state index in [0.717, 1.165) is 18.4 Å². The molecule has 0 atom stereocenters. The van der Waals surface area contributed by atoms with Gasteiger partial charge in [0.15, 0.2) is 0 Å². The van der Waals surface area contributed by atoms with E-state index in [1.54, 1.807) is 24.3 Å². The first-order chi connectivity index (χ1) is 10.4. The lowest BCUT2D eigenvalue weighted by Gasteiger charge is -2.01. The number of benzene rings is 1. The smallest absolute Gasteiger partial charge is 0.329 e. The Balaban J connectivity index is 1.68. The standard InChI is InChI=1S/C15H13F3N2O2/c16-15(17,18)14-19-13(20-22-14)11-5-3-10(4-6-11)8-12(21)7-9-1-2-9/h3-6,9H,1-2,7-8H2. The Kier molecular flexibility index (Phi) is 3.72. The molecule has 1 fully saturated rings. The second-order valence-electron chi connectivity index (χ2n) is 5.48. The van der Waals surface area contributed by atoms with Crippen LogP contribution in [-0.4, -0.2) is 15.9 Å². The summed E-state index contributed by atoms with van der Waals surface area (Å²) < 4.78 is 41.4. The number of alkyl halides is 3. The molecule has 116 valence electrons. The molecule has 2 aromatic rings. The van der Waals surface area contributed by atoms with Crippen LogP contribution in [0.15, 0.2) is 28.8 Å². The van der Waals surface area contributed by atoms with Gasteiger partial charge in [0.05, 0.1) is 0 Å². The van der Waals surface area contributed by atoms with E-state index < -0.39 is 12.1 Å². The monoisotopic (exact) mass is 310 g/mol. The number of carbonyl (C=O) groups excluding carboxylic acids is 1. The summed E-state index contributed by atoms with van der Waals surface area (Å²) in [7, 11) is 0. The molecule has 0 radical (unpaired) electrons. The van der Waals surface area contributed by atoms with Crippen molar-refractivity contribution in [1.29, 1.82) is 0 Å². The Morgan fingerprint density at radius 2 is 1.91 bits per heavy atom. The molecule has 0 spiro atoms. The summed E-state index contributed by atoms with van der Waals surface area (Å²) in [5.41, 5.74) is 1.24. The predicted molar refractivity (Wildman–Crippen MR) is 70.8 cm³/mol. The van der Waals surface area contributed by atoms with Gasteiger partial charge in [-0.05, 0) is 24.3 Å². The highest BCUT2D eigenvalue weighted by atomic mass is 19.4. The van der Waals surface area contributed by atoms with Crippen LogP contribution in [0.3, 0.4) is 0 Å². The zero-order valence-electron chi connectivity index (χ0n) is 11.6. The topological polar surface area (TPSA) is 56.0 Å². The van der Waals surface area contributed by atoms with Crippen LogP contribution in [0, 0.1) is 5.92 Å². The van der Waals surface area contributed by atoms with Crippen molar-refractivity contribution in [2.45, 2.75) is 31.9 Å². The zero-order valence-corrected chi connectivity index (χ0v) is 11.6. The van der Waals surface area contributed by atoms with Crippen molar-refractivity contribution < 1.29 is 22.5 Å². The van der Waals surface area contributed by atoms with E-state index in [2.05, 4.69) is 14.7 Å². The fraction of sp³-hybridized carbons (Fsp3) is 0.400. The maximum atomic E-state index is 12.4.